The normalized spacial score (nSPS) is 10.0. The molecule has 0 aliphatic carbocycles. The Labute approximate surface area is 92.8 Å². The van der Waals surface area contributed by atoms with Crippen LogP contribution >= 0.6 is 30.3 Å². The summed E-state index contributed by atoms with van der Waals surface area (Å²) in [4.78, 5) is 15.0. The van der Waals surface area contributed by atoms with Crippen molar-refractivity contribution >= 4 is 36.3 Å². The number of nitrogens with zero attached hydrogens (tertiary/aromatic N) is 2. The topological polar surface area (TPSA) is 44.1 Å². The lowest BCUT2D eigenvalue weighted by Crippen LogP contribution is -2.04. The predicted molar refractivity (Wildman–Crippen MR) is 59.6 cm³/mol. The number of aryl methyl sites for hydroxylation is 1. The Morgan fingerprint density at radius 3 is 3.23 bits per heavy atom. The lowest BCUT2D eigenvalue weighted by atomic mass is 10.3. The minimum Gasteiger partial charge on any atom is -0.469 e. The summed E-state index contributed by atoms with van der Waals surface area (Å²) in [7, 11) is 2.92. The van der Waals surface area contributed by atoms with Gasteiger partial charge in [-0.1, -0.05) is 0 Å². The predicted octanol–water partition coefficient (Wildman–Crippen LogP) is 1.83. The Kier molecular flexibility index (Phi) is 4.57. The molecule has 0 amide bonds. The number of ether oxygens (including phenoxy) is 1. The second-order valence-electron chi connectivity index (χ2n) is 2.31. The Morgan fingerprint density at radius 2 is 2.62 bits per heavy atom. The highest BCUT2D eigenvalue weighted by Gasteiger charge is 2.06. The maximum atomic E-state index is 10.8. The molecule has 6 heteroatoms. The van der Waals surface area contributed by atoms with Crippen molar-refractivity contribution in [3.8, 4) is 0 Å². The number of hydrogen-bond donors (Lipinski definition) is 0. The van der Waals surface area contributed by atoms with Gasteiger partial charge in [0.25, 0.3) is 0 Å². The van der Waals surface area contributed by atoms with E-state index in [4.69, 9.17) is 0 Å². The molecule has 0 radical (unpaired) electrons. The Bertz CT molecular complexity index is 290. The van der Waals surface area contributed by atoms with Crippen molar-refractivity contribution in [3.63, 3.8) is 0 Å². The fraction of sp³-hybridized carbons (Fsp3) is 0.429. The lowest BCUT2D eigenvalue weighted by Gasteiger charge is -2.01. The quantitative estimate of drug-likeness (QED) is 0.628. The molecule has 1 heterocycles. The highest BCUT2D eigenvalue weighted by molar-refractivity contribution is 14.2. The van der Waals surface area contributed by atoms with Gasteiger partial charge >= 0.3 is 5.97 Å². The standard InChI is InChI=1S/C7H9IN2O2S/c1-12-7(11)3-2-6-9-4-5-10(6)13-8/h4-5H,2-3H2,1H3. The zero-order chi connectivity index (χ0) is 9.68. The molecular weight excluding hydrogens is 303 g/mol. The Hall–Kier alpha value is -0.240. The van der Waals surface area contributed by atoms with Crippen molar-refractivity contribution in [2.24, 2.45) is 0 Å². The molecule has 0 fully saturated rings. The van der Waals surface area contributed by atoms with E-state index < -0.39 is 0 Å². The number of methoxy groups -OCH3 is 1. The van der Waals surface area contributed by atoms with Gasteiger partial charge in [-0.05, 0) is 0 Å². The minimum absolute atomic E-state index is 0.201. The molecule has 13 heavy (non-hydrogen) atoms. The van der Waals surface area contributed by atoms with Crippen molar-refractivity contribution in [1.82, 2.24) is 8.96 Å². The van der Waals surface area contributed by atoms with Crippen LogP contribution in [0.5, 0.6) is 0 Å². The fourth-order valence-corrected chi connectivity index (χ4v) is 2.27. The summed E-state index contributed by atoms with van der Waals surface area (Å²) in [5.41, 5.74) is 0. The molecule has 0 spiro atoms. The van der Waals surface area contributed by atoms with Gasteiger partial charge in [-0.3, -0.25) is 8.77 Å². The van der Waals surface area contributed by atoms with E-state index in [-0.39, 0.29) is 5.97 Å². The molecule has 0 aliphatic rings. The van der Waals surface area contributed by atoms with Crippen molar-refractivity contribution < 1.29 is 9.53 Å². The van der Waals surface area contributed by atoms with Crippen molar-refractivity contribution in [3.05, 3.63) is 18.2 Å². The average Bonchev–Trinajstić information content (AvgIpc) is 2.61. The summed E-state index contributed by atoms with van der Waals surface area (Å²) < 4.78 is 6.46. The molecule has 1 rings (SSSR count). The molecule has 0 aromatic carbocycles. The molecule has 0 saturated carbocycles. The molecule has 0 bridgehead atoms. The first-order valence-corrected chi connectivity index (χ1v) is 6.97. The summed E-state index contributed by atoms with van der Waals surface area (Å²) in [5.74, 6) is 0.692. The highest BCUT2D eigenvalue weighted by atomic mass is 127. The number of imidazole rings is 1. The lowest BCUT2D eigenvalue weighted by molar-refractivity contribution is -0.140. The number of carbonyl (C=O) groups excluding carboxylic acids is 1. The van der Waals surface area contributed by atoms with E-state index in [1.54, 1.807) is 6.20 Å². The van der Waals surface area contributed by atoms with Gasteiger partial charge in [-0.15, -0.1) is 0 Å². The molecule has 4 nitrogen and oxygen atoms in total. The van der Waals surface area contributed by atoms with Crippen LogP contribution in [0.1, 0.15) is 12.2 Å². The van der Waals surface area contributed by atoms with Crippen LogP contribution in [0, 0.1) is 0 Å². The van der Waals surface area contributed by atoms with Gasteiger partial charge in [0.1, 0.15) is 5.82 Å². The average molecular weight is 312 g/mol. The van der Waals surface area contributed by atoms with Gasteiger partial charge in [0.2, 0.25) is 0 Å². The van der Waals surface area contributed by atoms with Gasteiger partial charge < -0.3 is 4.74 Å². The van der Waals surface area contributed by atoms with Crippen LogP contribution < -0.4 is 0 Å². The van der Waals surface area contributed by atoms with Gasteiger partial charge in [-0.25, -0.2) is 4.98 Å². The molecule has 0 saturated heterocycles. The van der Waals surface area contributed by atoms with E-state index in [9.17, 15) is 4.79 Å². The minimum atomic E-state index is -0.201. The molecule has 72 valence electrons. The number of rotatable bonds is 4. The summed E-state index contributed by atoms with van der Waals surface area (Å²) >= 11 is 2.17. The SMILES string of the molecule is COC(=O)CCc1nccn1SI. The molecule has 0 aliphatic heterocycles. The largest absolute Gasteiger partial charge is 0.469 e. The monoisotopic (exact) mass is 312 g/mol. The third-order valence-electron chi connectivity index (χ3n) is 1.53. The maximum Gasteiger partial charge on any atom is 0.305 e. The van der Waals surface area contributed by atoms with E-state index in [0.29, 0.717) is 12.8 Å². The van der Waals surface area contributed by atoms with Crippen LogP contribution in [-0.4, -0.2) is 22.0 Å². The second kappa shape index (κ2) is 5.48. The molecule has 0 atom stereocenters. The van der Waals surface area contributed by atoms with Gasteiger partial charge in [-0.2, -0.15) is 0 Å². The zero-order valence-corrected chi connectivity index (χ0v) is 10.0. The van der Waals surface area contributed by atoms with Gasteiger partial charge in [0.05, 0.1) is 13.5 Å². The van der Waals surface area contributed by atoms with Crippen LogP contribution in [0.25, 0.3) is 0 Å². The summed E-state index contributed by atoms with van der Waals surface area (Å²) in [6, 6.07) is 0. The number of esters is 1. The number of carbonyl (C=O) groups is 1. The highest BCUT2D eigenvalue weighted by Crippen LogP contribution is 2.17. The van der Waals surface area contributed by atoms with Crippen LogP contribution in [0.3, 0.4) is 0 Å². The zero-order valence-electron chi connectivity index (χ0n) is 7.07. The smallest absolute Gasteiger partial charge is 0.305 e. The van der Waals surface area contributed by atoms with Crippen LogP contribution in [0.15, 0.2) is 12.4 Å². The van der Waals surface area contributed by atoms with E-state index >= 15 is 0 Å². The third-order valence-corrected chi connectivity index (χ3v) is 3.29. The van der Waals surface area contributed by atoms with Crippen LogP contribution in [0.4, 0.5) is 0 Å². The Morgan fingerprint density at radius 1 is 1.85 bits per heavy atom. The van der Waals surface area contributed by atoms with E-state index in [1.807, 2.05) is 10.2 Å². The first-order chi connectivity index (χ1) is 6.27. The first-order valence-electron chi connectivity index (χ1n) is 3.66. The number of aromatic nitrogens is 2. The molecule has 0 unspecified atom stereocenters. The van der Waals surface area contributed by atoms with Gasteiger partial charge in [0, 0.05) is 49.1 Å². The first kappa shape index (κ1) is 10.8. The van der Waals surface area contributed by atoms with Crippen molar-refractivity contribution in [2.45, 2.75) is 12.8 Å². The second-order valence-corrected chi connectivity index (χ2v) is 4.03. The maximum absolute atomic E-state index is 10.8. The van der Waals surface area contributed by atoms with Crippen LogP contribution in [-0.2, 0) is 16.0 Å². The van der Waals surface area contributed by atoms with Crippen molar-refractivity contribution in [1.29, 1.82) is 0 Å². The summed E-state index contributed by atoms with van der Waals surface area (Å²) in [5, 5.41) is 0. The third kappa shape index (κ3) is 3.18. The van der Waals surface area contributed by atoms with Gasteiger partial charge in [0.15, 0.2) is 0 Å². The number of hydrogen-bond acceptors (Lipinski definition) is 4. The Balaban J connectivity index is 2.49. The molecule has 1 aromatic rings. The van der Waals surface area contributed by atoms with Crippen molar-refractivity contribution in [2.75, 3.05) is 7.11 Å². The molecular formula is C7H9IN2O2S. The van der Waals surface area contributed by atoms with E-state index in [0.717, 1.165) is 5.82 Å². The van der Waals surface area contributed by atoms with E-state index in [2.05, 4.69) is 30.9 Å². The molecule has 0 N–H and O–H groups in total. The summed E-state index contributed by atoms with van der Waals surface area (Å²) in [6.45, 7) is 0. The molecule has 1 aromatic heterocycles. The van der Waals surface area contributed by atoms with E-state index in [1.165, 1.54) is 16.2 Å². The number of halogens is 1. The fourth-order valence-electron chi connectivity index (χ4n) is 0.876. The van der Waals surface area contributed by atoms with Crippen LogP contribution in [0.2, 0.25) is 0 Å². The summed E-state index contributed by atoms with van der Waals surface area (Å²) in [6.07, 6.45) is 4.59.